The number of hydrogen-bond acceptors (Lipinski definition) is 4. The van der Waals surface area contributed by atoms with Gasteiger partial charge in [0, 0.05) is 17.0 Å². The molecule has 0 amide bonds. The van der Waals surface area contributed by atoms with Crippen molar-refractivity contribution in [1.29, 1.82) is 0 Å². The van der Waals surface area contributed by atoms with Gasteiger partial charge in [-0.25, -0.2) is 0 Å². The Kier molecular flexibility index (Phi) is 8.20. The van der Waals surface area contributed by atoms with E-state index in [1.165, 1.54) is 6.07 Å². The Morgan fingerprint density at radius 1 is 1.26 bits per heavy atom. The van der Waals surface area contributed by atoms with Gasteiger partial charge >= 0.3 is 29.6 Å². The van der Waals surface area contributed by atoms with E-state index in [1.54, 1.807) is 18.2 Å². The molecular weight excluding hydrogens is 327 g/mol. The van der Waals surface area contributed by atoms with Gasteiger partial charge in [-0.1, -0.05) is 25.4 Å². The van der Waals surface area contributed by atoms with Crippen LogP contribution in [0.15, 0.2) is 34.7 Å². The number of carbonyl (C=O) groups excluding carboxylic acids is 1. The van der Waals surface area contributed by atoms with Crippen molar-refractivity contribution in [3.8, 4) is 5.75 Å². The molecule has 0 unspecified atom stereocenters. The number of benzene rings is 1. The molecule has 0 aliphatic rings. The molecule has 0 saturated carbocycles. The summed E-state index contributed by atoms with van der Waals surface area (Å²) < 4.78 is 11.2. The average Bonchev–Trinajstić information content (AvgIpc) is 2.95. The van der Waals surface area contributed by atoms with Crippen LogP contribution in [-0.2, 0) is 6.42 Å². The summed E-state index contributed by atoms with van der Waals surface area (Å²) in [7, 11) is 0. The molecule has 0 bridgehead atoms. The van der Waals surface area contributed by atoms with E-state index in [9.17, 15) is 9.90 Å². The van der Waals surface area contributed by atoms with Crippen LogP contribution in [-0.4, -0.2) is 12.1 Å². The van der Waals surface area contributed by atoms with Crippen LogP contribution in [0, 0.1) is 0 Å². The molecule has 1 aromatic heterocycles. The van der Waals surface area contributed by atoms with Crippen LogP contribution in [0.4, 0.5) is 0 Å². The minimum absolute atomic E-state index is 0. The van der Waals surface area contributed by atoms with E-state index in [0.717, 1.165) is 24.2 Å². The van der Waals surface area contributed by atoms with Crippen molar-refractivity contribution >= 4 is 17.6 Å². The number of furan rings is 1. The molecule has 4 nitrogen and oxygen atoms in total. The van der Waals surface area contributed by atoms with Crippen LogP contribution in [0.2, 0.25) is 5.02 Å². The summed E-state index contributed by atoms with van der Waals surface area (Å²) in [5.41, 5.74) is 0.860. The minimum Gasteiger partial charge on any atom is -0.542 e. The van der Waals surface area contributed by atoms with Crippen molar-refractivity contribution in [2.45, 2.75) is 39.2 Å². The number of halogens is 1. The normalized spacial score (nSPS) is 10.4. The summed E-state index contributed by atoms with van der Waals surface area (Å²) in [4.78, 5) is 10.8. The Morgan fingerprint density at radius 3 is 2.52 bits per heavy atom. The first-order valence-corrected chi connectivity index (χ1v) is 7.66. The Labute approximate surface area is 163 Å². The van der Waals surface area contributed by atoms with Crippen LogP contribution >= 0.6 is 11.6 Å². The number of carboxylic acid groups (broad SMARTS) is 1. The molecule has 1 aromatic carbocycles. The molecule has 0 radical (unpaired) electrons. The van der Waals surface area contributed by atoms with Crippen molar-refractivity contribution < 1.29 is 48.6 Å². The first-order chi connectivity index (χ1) is 10.5. The van der Waals surface area contributed by atoms with E-state index < -0.39 is 5.97 Å². The van der Waals surface area contributed by atoms with Gasteiger partial charge in [-0.2, -0.15) is 0 Å². The van der Waals surface area contributed by atoms with Gasteiger partial charge in [0.25, 0.3) is 0 Å². The van der Waals surface area contributed by atoms with E-state index in [-0.39, 0.29) is 41.4 Å². The fourth-order valence-corrected chi connectivity index (χ4v) is 2.40. The van der Waals surface area contributed by atoms with Gasteiger partial charge in [-0.3, -0.25) is 0 Å². The van der Waals surface area contributed by atoms with Crippen molar-refractivity contribution in [3.05, 3.63) is 52.4 Å². The second kappa shape index (κ2) is 9.38. The van der Waals surface area contributed by atoms with Crippen molar-refractivity contribution in [2.24, 2.45) is 0 Å². The van der Waals surface area contributed by atoms with Crippen molar-refractivity contribution in [1.82, 2.24) is 0 Å². The fraction of sp³-hybridized carbons (Fsp3) is 0.353. The number of ether oxygens (including phenoxy) is 1. The molecule has 0 aliphatic heterocycles. The Balaban J connectivity index is 0.00000264. The summed E-state index contributed by atoms with van der Waals surface area (Å²) in [6.07, 6.45) is 2.36. The van der Waals surface area contributed by atoms with E-state index >= 15 is 0 Å². The van der Waals surface area contributed by atoms with Crippen molar-refractivity contribution in [3.63, 3.8) is 0 Å². The first-order valence-electron chi connectivity index (χ1n) is 7.28. The van der Waals surface area contributed by atoms with Crippen LogP contribution < -0.4 is 39.4 Å². The predicted molar refractivity (Wildman–Crippen MR) is 82.3 cm³/mol. The Morgan fingerprint density at radius 2 is 1.96 bits per heavy atom. The number of hydrogen-bond donors (Lipinski definition) is 0. The predicted octanol–water partition coefficient (Wildman–Crippen LogP) is 0.459. The van der Waals surface area contributed by atoms with Gasteiger partial charge in [-0.15, -0.1) is 0 Å². The zero-order valence-corrected chi connectivity index (χ0v) is 16.4. The van der Waals surface area contributed by atoms with Gasteiger partial charge in [0.1, 0.15) is 23.2 Å². The number of carboxylic acids is 1. The number of carbonyl (C=O) groups is 1. The topological polar surface area (TPSA) is 62.5 Å². The van der Waals surface area contributed by atoms with Crippen LogP contribution in [0.3, 0.4) is 0 Å². The maximum Gasteiger partial charge on any atom is 1.00 e. The van der Waals surface area contributed by atoms with Crippen LogP contribution in [0.5, 0.6) is 5.75 Å². The third kappa shape index (κ3) is 5.57. The molecule has 1 heterocycles. The van der Waals surface area contributed by atoms with Gasteiger partial charge in [0.05, 0.1) is 6.10 Å². The van der Waals surface area contributed by atoms with Gasteiger partial charge in [0.2, 0.25) is 0 Å². The zero-order chi connectivity index (χ0) is 16.1. The molecule has 0 atom stereocenters. The first kappa shape index (κ1) is 20.1. The molecule has 0 N–H and O–H groups in total. The van der Waals surface area contributed by atoms with E-state index in [4.69, 9.17) is 20.8 Å². The molecule has 6 heteroatoms. The fourth-order valence-electron chi connectivity index (χ4n) is 2.21. The van der Waals surface area contributed by atoms with Crippen LogP contribution in [0.25, 0.3) is 0 Å². The molecule has 0 saturated heterocycles. The summed E-state index contributed by atoms with van der Waals surface area (Å²) in [6.45, 7) is 4.14. The monoisotopic (exact) mass is 344 g/mol. The van der Waals surface area contributed by atoms with E-state index in [2.05, 4.69) is 13.8 Å². The van der Waals surface area contributed by atoms with Crippen molar-refractivity contribution in [2.75, 3.05) is 0 Å². The smallest absolute Gasteiger partial charge is 0.542 e. The van der Waals surface area contributed by atoms with E-state index in [1.807, 2.05) is 6.07 Å². The third-order valence-corrected chi connectivity index (χ3v) is 3.69. The van der Waals surface area contributed by atoms with Gasteiger partial charge in [0.15, 0.2) is 0 Å². The second-order valence-corrected chi connectivity index (χ2v) is 5.48. The largest absolute Gasteiger partial charge is 1.00 e. The molecule has 23 heavy (non-hydrogen) atoms. The molecule has 2 aromatic rings. The van der Waals surface area contributed by atoms with Gasteiger partial charge < -0.3 is 19.1 Å². The summed E-state index contributed by atoms with van der Waals surface area (Å²) in [6, 6.07) is 8.42. The molecular formula is C17H18ClNaO4. The Hall–Kier alpha value is -0.940. The number of rotatable bonds is 7. The van der Waals surface area contributed by atoms with Gasteiger partial charge in [-0.05, 0) is 43.2 Å². The Bertz CT molecular complexity index is 650. The summed E-state index contributed by atoms with van der Waals surface area (Å²) in [5.74, 6) is -0.245. The second-order valence-electron chi connectivity index (χ2n) is 5.04. The molecule has 0 spiro atoms. The molecule has 2 rings (SSSR count). The van der Waals surface area contributed by atoms with E-state index in [0.29, 0.717) is 17.2 Å². The summed E-state index contributed by atoms with van der Waals surface area (Å²) in [5, 5.41) is 11.4. The molecule has 0 fully saturated rings. The molecule has 118 valence electrons. The maximum absolute atomic E-state index is 10.8. The maximum atomic E-state index is 10.8. The SMILES string of the molecule is CCC(CC)Oc1ccc(Cl)cc1Cc1ccc(C(=O)[O-])o1.[Na+]. The quantitative estimate of drug-likeness (QED) is 0.685. The van der Waals surface area contributed by atoms with Crippen LogP contribution in [0.1, 0.15) is 48.6 Å². The standard InChI is InChI=1S/C17H19ClO4.Na/c1-3-13(4-2)21-15-7-5-12(18)9-11(15)10-14-6-8-16(22-14)17(19)20;/h5-9,13H,3-4,10H2,1-2H3,(H,19,20);/q;+1/p-1. The summed E-state index contributed by atoms with van der Waals surface area (Å²) >= 11 is 6.05. The zero-order valence-electron chi connectivity index (χ0n) is 13.6. The number of aromatic carboxylic acids is 1. The third-order valence-electron chi connectivity index (χ3n) is 3.45. The minimum atomic E-state index is -1.33. The molecule has 0 aliphatic carbocycles. The average molecular weight is 345 g/mol.